The molecular weight excluding hydrogens is 198 g/mol. The SMILES string of the molecule is CCCCCC1CNC(CC(C)(C)[C]=O)C1. The van der Waals surface area contributed by atoms with Gasteiger partial charge < -0.3 is 5.32 Å². The zero-order valence-electron chi connectivity index (χ0n) is 11.0. The summed E-state index contributed by atoms with van der Waals surface area (Å²) in [5.41, 5.74) is -0.282. The zero-order valence-corrected chi connectivity index (χ0v) is 11.0. The highest BCUT2D eigenvalue weighted by Crippen LogP contribution is 2.28. The first kappa shape index (κ1) is 13.7. The number of nitrogens with one attached hydrogen (secondary N) is 1. The van der Waals surface area contributed by atoms with E-state index in [0.29, 0.717) is 6.04 Å². The Morgan fingerprint density at radius 2 is 2.12 bits per heavy atom. The summed E-state index contributed by atoms with van der Waals surface area (Å²) in [7, 11) is 0. The van der Waals surface area contributed by atoms with E-state index in [-0.39, 0.29) is 5.41 Å². The van der Waals surface area contributed by atoms with Gasteiger partial charge >= 0.3 is 0 Å². The predicted molar refractivity (Wildman–Crippen MR) is 68.1 cm³/mol. The molecule has 0 saturated carbocycles. The van der Waals surface area contributed by atoms with E-state index in [4.69, 9.17) is 0 Å². The average Bonchev–Trinajstić information content (AvgIpc) is 2.65. The van der Waals surface area contributed by atoms with Crippen molar-refractivity contribution in [1.29, 1.82) is 0 Å². The molecule has 0 aliphatic carbocycles. The molecule has 93 valence electrons. The fraction of sp³-hybridized carbons (Fsp3) is 0.929. The van der Waals surface area contributed by atoms with E-state index >= 15 is 0 Å². The van der Waals surface area contributed by atoms with E-state index in [0.717, 1.165) is 18.9 Å². The van der Waals surface area contributed by atoms with Gasteiger partial charge in [0.1, 0.15) is 0 Å². The first-order valence-corrected chi connectivity index (χ1v) is 6.70. The van der Waals surface area contributed by atoms with Crippen LogP contribution in [0.1, 0.15) is 59.3 Å². The highest BCUT2D eigenvalue weighted by Gasteiger charge is 2.29. The molecule has 2 atom stereocenters. The minimum absolute atomic E-state index is 0.282. The molecule has 2 unspecified atom stereocenters. The smallest absolute Gasteiger partial charge is 0.204 e. The predicted octanol–water partition coefficient (Wildman–Crippen LogP) is 3.07. The Balaban J connectivity index is 2.22. The Labute approximate surface area is 100 Å². The van der Waals surface area contributed by atoms with Gasteiger partial charge in [0.2, 0.25) is 6.29 Å². The molecule has 1 N–H and O–H groups in total. The van der Waals surface area contributed by atoms with Crippen molar-refractivity contribution in [1.82, 2.24) is 5.32 Å². The minimum Gasteiger partial charge on any atom is -0.314 e. The standard InChI is InChI=1S/C14H26NO/c1-4-5-6-7-12-8-13(15-10-12)9-14(2,3)11-16/h12-13,15H,4-10H2,1-3H3. The molecule has 0 aromatic heterocycles. The first-order valence-electron chi connectivity index (χ1n) is 6.70. The third kappa shape index (κ3) is 4.65. The molecule has 2 heteroatoms. The molecule has 1 aliphatic rings. The molecule has 1 radical (unpaired) electrons. The van der Waals surface area contributed by atoms with E-state index in [1.54, 1.807) is 0 Å². The molecule has 1 heterocycles. The lowest BCUT2D eigenvalue weighted by Gasteiger charge is -2.20. The lowest BCUT2D eigenvalue weighted by atomic mass is 9.85. The summed E-state index contributed by atoms with van der Waals surface area (Å²) in [6, 6.07) is 0.531. The highest BCUT2D eigenvalue weighted by molar-refractivity contribution is 5.58. The van der Waals surface area contributed by atoms with Crippen LogP contribution in [0.5, 0.6) is 0 Å². The van der Waals surface area contributed by atoms with E-state index < -0.39 is 0 Å². The van der Waals surface area contributed by atoms with Gasteiger partial charge in [-0.2, -0.15) is 0 Å². The second-order valence-corrected chi connectivity index (χ2v) is 5.89. The number of hydrogen-bond donors (Lipinski definition) is 1. The number of carbonyl (C=O) groups excluding carboxylic acids is 1. The maximum absolute atomic E-state index is 10.8. The molecule has 2 nitrogen and oxygen atoms in total. The third-order valence-electron chi connectivity index (χ3n) is 3.56. The van der Waals surface area contributed by atoms with Crippen LogP contribution in [0.25, 0.3) is 0 Å². The van der Waals surface area contributed by atoms with Crippen molar-refractivity contribution in [2.45, 2.75) is 65.3 Å². The maximum atomic E-state index is 10.8. The Bertz CT molecular complexity index is 213. The first-order chi connectivity index (χ1) is 7.57. The number of unbranched alkanes of at least 4 members (excludes halogenated alkanes) is 2. The molecule has 0 spiro atoms. The molecule has 16 heavy (non-hydrogen) atoms. The van der Waals surface area contributed by atoms with Crippen LogP contribution in [0.2, 0.25) is 0 Å². The second kappa shape index (κ2) is 6.39. The lowest BCUT2D eigenvalue weighted by Crippen LogP contribution is -2.29. The summed E-state index contributed by atoms with van der Waals surface area (Å²) in [5, 5.41) is 3.55. The van der Waals surface area contributed by atoms with Crippen LogP contribution >= 0.6 is 0 Å². The van der Waals surface area contributed by atoms with Crippen LogP contribution < -0.4 is 5.32 Å². The Kier molecular flexibility index (Phi) is 5.47. The third-order valence-corrected chi connectivity index (χ3v) is 3.56. The molecule has 0 aromatic carbocycles. The van der Waals surface area contributed by atoms with Gasteiger partial charge in [0, 0.05) is 11.5 Å². The van der Waals surface area contributed by atoms with Gasteiger partial charge in [0.25, 0.3) is 0 Å². The molecule has 0 aromatic rings. The molecule has 0 amide bonds. The Morgan fingerprint density at radius 1 is 1.38 bits per heavy atom. The number of rotatable bonds is 7. The van der Waals surface area contributed by atoms with Gasteiger partial charge in [0.05, 0.1) is 0 Å². The highest BCUT2D eigenvalue weighted by atomic mass is 16.1. The van der Waals surface area contributed by atoms with Crippen LogP contribution in [-0.2, 0) is 4.79 Å². The van der Waals surface area contributed by atoms with Gasteiger partial charge in [-0.25, -0.2) is 0 Å². The van der Waals surface area contributed by atoms with Gasteiger partial charge in [-0.05, 0) is 31.7 Å². The van der Waals surface area contributed by atoms with Gasteiger partial charge in [-0.15, -0.1) is 0 Å². The normalized spacial score (nSPS) is 25.9. The fourth-order valence-electron chi connectivity index (χ4n) is 2.62. The molecule has 0 bridgehead atoms. The summed E-state index contributed by atoms with van der Waals surface area (Å²) in [4.78, 5) is 10.8. The average molecular weight is 224 g/mol. The van der Waals surface area contributed by atoms with Gasteiger partial charge in [-0.1, -0.05) is 40.0 Å². The van der Waals surface area contributed by atoms with E-state index in [1.165, 1.54) is 32.1 Å². The largest absolute Gasteiger partial charge is 0.314 e. The summed E-state index contributed by atoms with van der Waals surface area (Å²) >= 11 is 0. The summed E-state index contributed by atoms with van der Waals surface area (Å²) < 4.78 is 0. The summed E-state index contributed by atoms with van der Waals surface area (Å²) in [6.45, 7) is 7.35. The molecular formula is C14H26NO. The molecule has 1 fully saturated rings. The zero-order chi connectivity index (χ0) is 12.0. The molecule has 1 rings (SSSR count). The maximum Gasteiger partial charge on any atom is 0.204 e. The van der Waals surface area contributed by atoms with Crippen molar-refractivity contribution in [3.8, 4) is 0 Å². The Morgan fingerprint density at radius 3 is 2.75 bits per heavy atom. The van der Waals surface area contributed by atoms with Crippen LogP contribution in [-0.4, -0.2) is 18.9 Å². The van der Waals surface area contributed by atoms with Crippen LogP contribution in [0.15, 0.2) is 0 Å². The van der Waals surface area contributed by atoms with E-state index in [9.17, 15) is 4.79 Å². The van der Waals surface area contributed by atoms with Crippen molar-refractivity contribution in [3.05, 3.63) is 0 Å². The van der Waals surface area contributed by atoms with Crippen molar-refractivity contribution in [2.24, 2.45) is 11.3 Å². The molecule has 1 aliphatic heterocycles. The summed E-state index contributed by atoms with van der Waals surface area (Å²) in [5.74, 6) is 0.832. The second-order valence-electron chi connectivity index (χ2n) is 5.89. The van der Waals surface area contributed by atoms with Crippen LogP contribution in [0, 0.1) is 11.3 Å². The van der Waals surface area contributed by atoms with Crippen molar-refractivity contribution in [3.63, 3.8) is 0 Å². The van der Waals surface area contributed by atoms with E-state index in [1.807, 2.05) is 13.8 Å². The monoisotopic (exact) mass is 224 g/mol. The van der Waals surface area contributed by atoms with Gasteiger partial charge in [-0.3, -0.25) is 4.79 Å². The fourth-order valence-corrected chi connectivity index (χ4v) is 2.62. The van der Waals surface area contributed by atoms with Gasteiger partial charge in [0.15, 0.2) is 0 Å². The Hall–Kier alpha value is -0.370. The minimum atomic E-state index is -0.282. The van der Waals surface area contributed by atoms with E-state index in [2.05, 4.69) is 18.5 Å². The van der Waals surface area contributed by atoms with Crippen LogP contribution in [0.4, 0.5) is 0 Å². The summed E-state index contributed by atoms with van der Waals surface area (Å²) in [6.07, 6.45) is 9.69. The molecule has 1 saturated heterocycles. The van der Waals surface area contributed by atoms with Crippen molar-refractivity contribution >= 4 is 6.29 Å². The topological polar surface area (TPSA) is 29.1 Å². The quantitative estimate of drug-likeness (QED) is 0.673. The van der Waals surface area contributed by atoms with Crippen molar-refractivity contribution in [2.75, 3.05) is 6.54 Å². The van der Waals surface area contributed by atoms with Crippen LogP contribution in [0.3, 0.4) is 0 Å². The number of hydrogen-bond acceptors (Lipinski definition) is 2. The lowest BCUT2D eigenvalue weighted by molar-refractivity contribution is 0.365. The van der Waals surface area contributed by atoms with Crippen molar-refractivity contribution < 1.29 is 4.79 Å².